The van der Waals surface area contributed by atoms with Crippen LogP contribution in [0.3, 0.4) is 0 Å². The zero-order valence-electron chi connectivity index (χ0n) is 20.4. The summed E-state index contributed by atoms with van der Waals surface area (Å²) in [5, 5.41) is 0. The van der Waals surface area contributed by atoms with Crippen molar-refractivity contribution in [2.45, 2.75) is 44.8 Å². The predicted molar refractivity (Wildman–Crippen MR) is 139 cm³/mol. The summed E-state index contributed by atoms with van der Waals surface area (Å²) >= 11 is 0. The molecule has 5 heteroatoms. The van der Waals surface area contributed by atoms with Crippen LogP contribution < -0.4 is 4.90 Å². The van der Waals surface area contributed by atoms with Crippen molar-refractivity contribution in [2.24, 2.45) is 0 Å². The van der Waals surface area contributed by atoms with E-state index < -0.39 is 5.54 Å². The molecular formula is C30H34N2O3. The van der Waals surface area contributed by atoms with Gasteiger partial charge in [-0.25, -0.2) is 4.79 Å². The first-order valence-electron chi connectivity index (χ1n) is 12.5. The third-order valence-electron chi connectivity index (χ3n) is 6.83. The van der Waals surface area contributed by atoms with Crippen molar-refractivity contribution in [2.75, 3.05) is 24.5 Å². The van der Waals surface area contributed by atoms with E-state index in [0.29, 0.717) is 19.3 Å². The van der Waals surface area contributed by atoms with Crippen LogP contribution in [0.5, 0.6) is 0 Å². The summed E-state index contributed by atoms with van der Waals surface area (Å²) in [4.78, 5) is 31.2. The smallest absolute Gasteiger partial charge is 0.332 e. The number of benzene rings is 3. The highest BCUT2D eigenvalue weighted by Crippen LogP contribution is 2.36. The average molecular weight is 471 g/mol. The highest BCUT2D eigenvalue weighted by molar-refractivity contribution is 6.02. The van der Waals surface area contributed by atoms with Crippen LogP contribution in [-0.2, 0) is 27.4 Å². The molecule has 3 aromatic rings. The number of anilines is 1. The Morgan fingerprint density at radius 2 is 1.37 bits per heavy atom. The molecule has 1 aliphatic rings. The topological polar surface area (TPSA) is 49.9 Å². The summed E-state index contributed by atoms with van der Waals surface area (Å²) < 4.78 is 5.88. The molecule has 1 heterocycles. The molecule has 0 aliphatic carbocycles. The Morgan fingerprint density at radius 1 is 0.829 bits per heavy atom. The van der Waals surface area contributed by atoms with Crippen molar-refractivity contribution < 1.29 is 14.3 Å². The lowest BCUT2D eigenvalue weighted by molar-refractivity contribution is -0.155. The molecule has 0 unspecified atom stereocenters. The summed E-state index contributed by atoms with van der Waals surface area (Å²) in [6.45, 7) is 4.42. The van der Waals surface area contributed by atoms with Crippen molar-refractivity contribution in [3.05, 3.63) is 102 Å². The van der Waals surface area contributed by atoms with Crippen LogP contribution in [0, 0.1) is 0 Å². The number of para-hydroxylation sites is 1. The monoisotopic (exact) mass is 470 g/mol. The lowest BCUT2D eigenvalue weighted by atomic mass is 9.84. The largest absolute Gasteiger partial charge is 0.459 e. The van der Waals surface area contributed by atoms with Crippen LogP contribution in [0.15, 0.2) is 91.0 Å². The fraction of sp³-hybridized carbons (Fsp3) is 0.333. The Balaban J connectivity index is 1.55. The number of carbonyl (C=O) groups is 2. The molecule has 0 spiro atoms. The van der Waals surface area contributed by atoms with Crippen LogP contribution in [0.2, 0.25) is 0 Å². The molecule has 4 rings (SSSR count). The van der Waals surface area contributed by atoms with E-state index >= 15 is 0 Å². The molecule has 0 N–H and O–H groups in total. The summed E-state index contributed by atoms with van der Waals surface area (Å²) in [5.74, 6) is -0.389. The predicted octanol–water partition coefficient (Wildman–Crippen LogP) is 5.25. The van der Waals surface area contributed by atoms with E-state index in [4.69, 9.17) is 4.74 Å². The molecule has 1 saturated heterocycles. The second kappa shape index (κ2) is 11.8. The highest BCUT2D eigenvalue weighted by Gasteiger charge is 2.50. The minimum Gasteiger partial charge on any atom is -0.459 e. The van der Waals surface area contributed by atoms with Gasteiger partial charge in [-0.2, -0.15) is 0 Å². The Kier molecular flexibility index (Phi) is 8.32. The van der Waals surface area contributed by atoms with Crippen molar-refractivity contribution in [3.63, 3.8) is 0 Å². The number of rotatable bonds is 9. The summed E-state index contributed by atoms with van der Waals surface area (Å²) in [6.07, 6.45) is 2.36. The third kappa shape index (κ3) is 5.98. The number of carbonyl (C=O) groups excluding carboxylic acids is 2. The van der Waals surface area contributed by atoms with Gasteiger partial charge in [-0.15, -0.1) is 0 Å². The summed E-state index contributed by atoms with van der Waals surface area (Å²) in [7, 11) is 0. The summed E-state index contributed by atoms with van der Waals surface area (Å²) in [5.41, 5.74) is 1.96. The van der Waals surface area contributed by atoms with E-state index in [-0.39, 0.29) is 18.5 Å². The first-order chi connectivity index (χ1) is 17.1. The number of likely N-dealkylation sites (tertiary alicyclic amines) is 1. The van der Waals surface area contributed by atoms with Crippen molar-refractivity contribution >= 4 is 17.6 Å². The van der Waals surface area contributed by atoms with E-state index in [1.165, 1.54) is 5.56 Å². The lowest BCUT2D eigenvalue weighted by Crippen LogP contribution is -2.63. The maximum absolute atomic E-state index is 13.8. The van der Waals surface area contributed by atoms with E-state index in [0.717, 1.165) is 37.3 Å². The Morgan fingerprint density at radius 3 is 1.94 bits per heavy atom. The first-order valence-corrected chi connectivity index (χ1v) is 12.5. The molecule has 1 amide bonds. The zero-order valence-corrected chi connectivity index (χ0v) is 20.4. The lowest BCUT2D eigenvalue weighted by Gasteiger charge is -2.46. The highest BCUT2D eigenvalue weighted by atomic mass is 16.5. The van der Waals surface area contributed by atoms with Crippen LogP contribution in [0.4, 0.5) is 5.69 Å². The standard InChI is InChI=1S/C30H34N2O3/c1-2-28(33)32(27-16-10-5-11-17-27)30(29(34)35-24-26-14-8-4-9-15-26)19-22-31(23-20-30)21-18-25-12-6-3-7-13-25/h3-17H,2,18-24H2,1H3. The number of nitrogens with zero attached hydrogens (tertiary/aromatic N) is 2. The fourth-order valence-corrected chi connectivity index (χ4v) is 4.82. The molecule has 1 fully saturated rings. The number of ether oxygens (including phenoxy) is 1. The normalized spacial score (nSPS) is 15.3. The van der Waals surface area contributed by atoms with E-state index in [2.05, 4.69) is 29.2 Å². The van der Waals surface area contributed by atoms with Crippen molar-refractivity contribution in [1.29, 1.82) is 0 Å². The SMILES string of the molecule is CCC(=O)N(c1ccccc1)C1(C(=O)OCc2ccccc2)CCN(CCc2ccccc2)CC1. The summed E-state index contributed by atoms with van der Waals surface area (Å²) in [6, 6.07) is 29.7. The van der Waals surface area contributed by atoms with Gasteiger partial charge in [0.15, 0.2) is 0 Å². The van der Waals surface area contributed by atoms with Gasteiger partial charge in [0, 0.05) is 31.7 Å². The second-order valence-electron chi connectivity index (χ2n) is 9.09. The van der Waals surface area contributed by atoms with Gasteiger partial charge in [0.1, 0.15) is 12.1 Å². The molecule has 0 saturated carbocycles. The molecular weight excluding hydrogens is 436 g/mol. The second-order valence-corrected chi connectivity index (χ2v) is 9.09. The van der Waals surface area contributed by atoms with Gasteiger partial charge in [0.05, 0.1) is 0 Å². The van der Waals surface area contributed by atoms with Gasteiger partial charge in [-0.1, -0.05) is 85.8 Å². The molecule has 0 radical (unpaired) electrons. The molecule has 182 valence electrons. The first kappa shape index (κ1) is 24.7. The van der Waals surface area contributed by atoms with Gasteiger partial charge < -0.3 is 9.64 Å². The zero-order chi connectivity index (χ0) is 24.5. The van der Waals surface area contributed by atoms with Crippen LogP contribution in [0.25, 0.3) is 0 Å². The number of amides is 1. The van der Waals surface area contributed by atoms with Crippen molar-refractivity contribution in [3.8, 4) is 0 Å². The number of esters is 1. The molecule has 0 atom stereocenters. The molecule has 1 aliphatic heterocycles. The van der Waals surface area contributed by atoms with Crippen molar-refractivity contribution in [1.82, 2.24) is 4.90 Å². The van der Waals surface area contributed by atoms with E-state index in [9.17, 15) is 9.59 Å². The number of hydrogen-bond donors (Lipinski definition) is 0. The van der Waals surface area contributed by atoms with Crippen LogP contribution in [-0.4, -0.2) is 41.9 Å². The maximum atomic E-state index is 13.8. The van der Waals surface area contributed by atoms with Gasteiger partial charge in [0.25, 0.3) is 0 Å². The van der Waals surface area contributed by atoms with Gasteiger partial charge in [-0.05, 0) is 42.5 Å². The quantitative estimate of drug-likeness (QED) is 0.401. The van der Waals surface area contributed by atoms with E-state index in [1.54, 1.807) is 4.90 Å². The third-order valence-corrected chi connectivity index (χ3v) is 6.83. The molecule has 5 nitrogen and oxygen atoms in total. The van der Waals surface area contributed by atoms with Gasteiger partial charge in [0.2, 0.25) is 5.91 Å². The fourth-order valence-electron chi connectivity index (χ4n) is 4.82. The molecule has 3 aromatic carbocycles. The van der Waals surface area contributed by atoms with Gasteiger partial charge in [-0.3, -0.25) is 9.69 Å². The average Bonchev–Trinajstić information content (AvgIpc) is 2.93. The van der Waals surface area contributed by atoms with E-state index in [1.807, 2.05) is 73.7 Å². The van der Waals surface area contributed by atoms with Gasteiger partial charge >= 0.3 is 5.97 Å². The number of piperidine rings is 1. The van der Waals surface area contributed by atoms with Crippen LogP contribution >= 0.6 is 0 Å². The Hall–Kier alpha value is -3.44. The minimum atomic E-state index is -1.02. The molecule has 0 bridgehead atoms. The Bertz CT molecular complexity index is 1080. The Labute approximate surface area is 208 Å². The number of hydrogen-bond acceptors (Lipinski definition) is 4. The minimum absolute atomic E-state index is 0.0643. The maximum Gasteiger partial charge on any atom is 0.332 e. The molecule has 35 heavy (non-hydrogen) atoms. The molecule has 0 aromatic heterocycles. The van der Waals surface area contributed by atoms with Crippen LogP contribution in [0.1, 0.15) is 37.3 Å².